The van der Waals surface area contributed by atoms with E-state index in [2.05, 4.69) is 20.8 Å². The van der Waals surface area contributed by atoms with E-state index in [0.717, 1.165) is 29.4 Å². The minimum atomic E-state index is -0.146. The van der Waals surface area contributed by atoms with Gasteiger partial charge in [0.25, 0.3) is 0 Å². The third-order valence-corrected chi connectivity index (χ3v) is 3.14. The highest BCUT2D eigenvalue weighted by Crippen LogP contribution is 2.17. The second-order valence-corrected chi connectivity index (χ2v) is 5.51. The average Bonchev–Trinajstić information content (AvgIpc) is 2.23. The molecule has 0 heterocycles. The highest BCUT2D eigenvalue weighted by Gasteiger charge is 2.06. The predicted octanol–water partition coefficient (Wildman–Crippen LogP) is 3.15. The fourth-order valence-electron chi connectivity index (χ4n) is 1.72. The van der Waals surface area contributed by atoms with Gasteiger partial charge in [-0.15, -0.1) is 0 Å². The van der Waals surface area contributed by atoms with Crippen molar-refractivity contribution in [1.82, 2.24) is 4.90 Å². The summed E-state index contributed by atoms with van der Waals surface area (Å²) in [7, 11) is 2.00. The molecule has 2 N–H and O–H groups in total. The van der Waals surface area contributed by atoms with Crippen molar-refractivity contribution in [2.75, 3.05) is 13.6 Å². The highest BCUT2D eigenvalue weighted by atomic mass is 79.9. The summed E-state index contributed by atoms with van der Waals surface area (Å²) in [6, 6.07) is 5.28. The van der Waals surface area contributed by atoms with Crippen molar-refractivity contribution < 1.29 is 4.39 Å². The van der Waals surface area contributed by atoms with Gasteiger partial charge in [0, 0.05) is 22.6 Å². The Bertz CT molecular complexity index is 355. The molecule has 0 radical (unpaired) electrons. The second kappa shape index (κ2) is 7.09. The molecular weight excluding hydrogens is 283 g/mol. The minimum absolute atomic E-state index is 0.146. The van der Waals surface area contributed by atoms with Crippen LogP contribution in [0.15, 0.2) is 22.7 Å². The number of hydrogen-bond donors (Lipinski definition) is 1. The molecule has 1 unspecified atom stereocenters. The molecule has 0 aromatic heterocycles. The number of hydrogen-bond acceptors (Lipinski definition) is 2. The Labute approximate surface area is 111 Å². The van der Waals surface area contributed by atoms with Crippen LogP contribution >= 0.6 is 15.9 Å². The van der Waals surface area contributed by atoms with Crippen LogP contribution in [-0.2, 0) is 6.54 Å². The monoisotopic (exact) mass is 302 g/mol. The zero-order valence-corrected chi connectivity index (χ0v) is 12.0. The van der Waals surface area contributed by atoms with Gasteiger partial charge in [0.1, 0.15) is 5.82 Å². The number of rotatable bonds is 6. The van der Waals surface area contributed by atoms with Crippen molar-refractivity contribution in [3.8, 4) is 0 Å². The van der Waals surface area contributed by atoms with Gasteiger partial charge < -0.3 is 10.6 Å². The van der Waals surface area contributed by atoms with Gasteiger partial charge in [-0.1, -0.05) is 15.9 Å². The van der Waals surface area contributed by atoms with Crippen LogP contribution < -0.4 is 5.73 Å². The summed E-state index contributed by atoms with van der Waals surface area (Å²) >= 11 is 3.36. The van der Waals surface area contributed by atoms with Crippen molar-refractivity contribution in [2.45, 2.75) is 32.4 Å². The Balaban J connectivity index is 2.44. The molecule has 1 rings (SSSR count). The zero-order valence-electron chi connectivity index (χ0n) is 10.4. The van der Waals surface area contributed by atoms with Gasteiger partial charge in [-0.2, -0.15) is 0 Å². The molecule has 1 aromatic carbocycles. The van der Waals surface area contributed by atoms with Gasteiger partial charge in [0.15, 0.2) is 0 Å². The van der Waals surface area contributed by atoms with Gasteiger partial charge in [0.2, 0.25) is 0 Å². The lowest BCUT2D eigenvalue weighted by atomic mass is 10.1. The van der Waals surface area contributed by atoms with E-state index in [4.69, 9.17) is 5.73 Å². The molecule has 4 heteroatoms. The molecule has 17 heavy (non-hydrogen) atoms. The Morgan fingerprint density at radius 1 is 1.47 bits per heavy atom. The van der Waals surface area contributed by atoms with Gasteiger partial charge in [-0.3, -0.25) is 0 Å². The molecule has 0 aliphatic carbocycles. The number of nitrogens with two attached hydrogens (primary N) is 1. The van der Waals surface area contributed by atoms with Crippen molar-refractivity contribution in [3.63, 3.8) is 0 Å². The molecular formula is C13H20BrFN2. The largest absolute Gasteiger partial charge is 0.328 e. The van der Waals surface area contributed by atoms with E-state index < -0.39 is 0 Å². The Morgan fingerprint density at radius 2 is 2.18 bits per heavy atom. The maximum atomic E-state index is 13.5. The highest BCUT2D eigenvalue weighted by molar-refractivity contribution is 9.10. The number of halogens is 2. The molecule has 0 saturated heterocycles. The number of benzene rings is 1. The number of nitrogens with zero attached hydrogens (tertiary/aromatic N) is 1. The van der Waals surface area contributed by atoms with Crippen LogP contribution in [0.2, 0.25) is 0 Å². The van der Waals surface area contributed by atoms with E-state index >= 15 is 0 Å². The molecule has 0 saturated carbocycles. The van der Waals surface area contributed by atoms with Gasteiger partial charge in [-0.05, 0) is 51.6 Å². The van der Waals surface area contributed by atoms with Gasteiger partial charge >= 0.3 is 0 Å². The molecule has 0 spiro atoms. The summed E-state index contributed by atoms with van der Waals surface area (Å²) in [6.07, 6.45) is 2.05. The van der Waals surface area contributed by atoms with Crippen LogP contribution in [0.5, 0.6) is 0 Å². The van der Waals surface area contributed by atoms with Crippen molar-refractivity contribution in [3.05, 3.63) is 34.1 Å². The average molecular weight is 303 g/mol. The Morgan fingerprint density at radius 3 is 2.82 bits per heavy atom. The van der Waals surface area contributed by atoms with Crippen LogP contribution in [0.3, 0.4) is 0 Å². The molecule has 96 valence electrons. The van der Waals surface area contributed by atoms with Crippen LogP contribution in [0.25, 0.3) is 0 Å². The second-order valence-electron chi connectivity index (χ2n) is 4.59. The lowest BCUT2D eigenvalue weighted by Gasteiger charge is -2.17. The summed E-state index contributed by atoms with van der Waals surface area (Å²) in [6.45, 7) is 3.58. The van der Waals surface area contributed by atoms with E-state index in [0.29, 0.717) is 6.54 Å². The molecule has 1 atom stereocenters. The minimum Gasteiger partial charge on any atom is -0.328 e. The van der Waals surface area contributed by atoms with Crippen molar-refractivity contribution in [2.24, 2.45) is 5.73 Å². The summed E-state index contributed by atoms with van der Waals surface area (Å²) in [4.78, 5) is 2.12. The lowest BCUT2D eigenvalue weighted by Crippen LogP contribution is -2.22. The first kappa shape index (κ1) is 14.6. The molecule has 0 fully saturated rings. The normalized spacial score (nSPS) is 13.1. The first-order valence-corrected chi connectivity index (χ1v) is 6.66. The quantitative estimate of drug-likeness (QED) is 0.875. The van der Waals surface area contributed by atoms with Crippen LogP contribution in [0.1, 0.15) is 25.3 Å². The summed E-state index contributed by atoms with van der Waals surface area (Å²) in [5.74, 6) is -0.146. The van der Waals surface area contributed by atoms with Gasteiger partial charge in [-0.25, -0.2) is 4.39 Å². The lowest BCUT2D eigenvalue weighted by molar-refractivity contribution is 0.310. The van der Waals surface area contributed by atoms with Crippen molar-refractivity contribution in [1.29, 1.82) is 0 Å². The summed E-state index contributed by atoms with van der Waals surface area (Å²) < 4.78 is 14.4. The topological polar surface area (TPSA) is 29.3 Å². The zero-order chi connectivity index (χ0) is 12.8. The van der Waals surface area contributed by atoms with Gasteiger partial charge in [0.05, 0.1) is 0 Å². The fraction of sp³-hybridized carbons (Fsp3) is 0.538. The third kappa shape index (κ3) is 5.61. The molecule has 1 aromatic rings. The van der Waals surface area contributed by atoms with Crippen LogP contribution in [-0.4, -0.2) is 24.5 Å². The maximum Gasteiger partial charge on any atom is 0.127 e. The first-order valence-electron chi connectivity index (χ1n) is 5.87. The van der Waals surface area contributed by atoms with E-state index in [1.165, 1.54) is 6.07 Å². The standard InChI is InChI=1S/C13H20BrFN2/c1-10(16)4-3-7-17(2)9-11-8-12(14)5-6-13(11)15/h5-6,8,10H,3-4,7,9,16H2,1-2H3. The van der Waals surface area contributed by atoms with E-state index in [1.807, 2.05) is 20.0 Å². The fourth-order valence-corrected chi connectivity index (χ4v) is 2.13. The molecule has 0 aliphatic heterocycles. The van der Waals surface area contributed by atoms with Crippen LogP contribution in [0.4, 0.5) is 4.39 Å². The summed E-state index contributed by atoms with van der Waals surface area (Å²) in [5.41, 5.74) is 6.42. The molecule has 0 aliphatic rings. The maximum absolute atomic E-state index is 13.5. The van der Waals surface area contributed by atoms with Crippen molar-refractivity contribution >= 4 is 15.9 Å². The molecule has 0 amide bonds. The van der Waals surface area contributed by atoms with E-state index in [1.54, 1.807) is 6.07 Å². The molecule has 2 nitrogen and oxygen atoms in total. The van der Waals surface area contributed by atoms with E-state index in [9.17, 15) is 4.39 Å². The molecule has 0 bridgehead atoms. The Kier molecular flexibility index (Phi) is 6.09. The van der Waals surface area contributed by atoms with Crippen LogP contribution in [0, 0.1) is 5.82 Å². The van der Waals surface area contributed by atoms with E-state index in [-0.39, 0.29) is 11.9 Å². The first-order chi connectivity index (χ1) is 7.99. The smallest absolute Gasteiger partial charge is 0.127 e. The predicted molar refractivity (Wildman–Crippen MR) is 73.3 cm³/mol. The SMILES string of the molecule is CC(N)CCCN(C)Cc1cc(Br)ccc1F. The third-order valence-electron chi connectivity index (χ3n) is 2.65. The summed E-state index contributed by atoms with van der Waals surface area (Å²) in [5, 5.41) is 0. The Hall–Kier alpha value is -0.450.